The Bertz CT molecular complexity index is 81.1. The van der Waals surface area contributed by atoms with E-state index in [2.05, 4.69) is 11.2 Å². The first-order valence-electron chi connectivity index (χ1n) is 3.69. The van der Waals surface area contributed by atoms with Crippen molar-refractivity contribution in [1.29, 1.82) is 0 Å². The predicted molar refractivity (Wildman–Crippen MR) is 50.4 cm³/mol. The summed E-state index contributed by atoms with van der Waals surface area (Å²) in [4.78, 5) is 31.3. The van der Waals surface area contributed by atoms with Crippen molar-refractivity contribution >= 4 is 17.2 Å². The summed E-state index contributed by atoms with van der Waals surface area (Å²) in [6, 6.07) is 0. The minimum atomic E-state index is -2.61. The molecule has 13 heavy (non-hydrogen) atoms. The average molecular weight is 234 g/mol. The maximum absolute atomic E-state index is 8.20. The maximum atomic E-state index is 8.20. The minimum Gasteiger partial charge on any atom is -0.396 e. The molecule has 0 amide bonds. The third kappa shape index (κ3) is 24.5. The molecular formula is C5H16O6P2. The van der Waals surface area contributed by atoms with E-state index in [1.807, 2.05) is 0 Å². The van der Waals surface area contributed by atoms with Gasteiger partial charge in [0.15, 0.2) is 0 Å². The smallest absolute Gasteiger partial charge is 0.334 e. The van der Waals surface area contributed by atoms with Crippen molar-refractivity contribution in [2.24, 2.45) is 0 Å². The normalized spacial score (nSPS) is 10.2. The Kier molecular flexibility index (Phi) is 15.6. The van der Waals surface area contributed by atoms with Gasteiger partial charge in [0.05, 0.1) is 0 Å². The van der Waals surface area contributed by atoms with Crippen LogP contribution >= 0.6 is 17.2 Å². The summed E-state index contributed by atoms with van der Waals surface area (Å²) in [7, 11) is -5.22. The lowest BCUT2D eigenvalue weighted by Crippen LogP contribution is -1.78. The third-order valence-corrected chi connectivity index (χ3v) is 2.08. The van der Waals surface area contributed by atoms with E-state index in [-0.39, 0.29) is 0 Å². The van der Waals surface area contributed by atoms with Crippen molar-refractivity contribution in [1.82, 2.24) is 0 Å². The topological polar surface area (TPSA) is 110 Å². The lowest BCUT2D eigenvalue weighted by molar-refractivity contribution is 0.284. The molecule has 0 heterocycles. The van der Waals surface area contributed by atoms with Crippen LogP contribution < -0.4 is 0 Å². The van der Waals surface area contributed by atoms with E-state index in [0.29, 0.717) is 6.61 Å². The highest BCUT2D eigenvalue weighted by atomic mass is 31.2. The molecule has 0 aliphatic carbocycles. The van der Waals surface area contributed by atoms with Crippen LogP contribution in [0.5, 0.6) is 0 Å². The average Bonchev–Trinajstić information content (AvgIpc) is 1.99. The van der Waals surface area contributed by atoms with Gasteiger partial charge in [0.1, 0.15) is 0 Å². The molecule has 0 aliphatic heterocycles. The molecule has 0 aliphatic rings. The zero-order chi connectivity index (χ0) is 10.7. The Morgan fingerprint density at radius 3 is 1.54 bits per heavy atom. The minimum absolute atomic E-state index is 0.355. The van der Waals surface area contributed by atoms with Gasteiger partial charge >= 0.3 is 17.2 Å². The van der Waals surface area contributed by atoms with Gasteiger partial charge in [0, 0.05) is 6.61 Å². The molecule has 0 saturated carbocycles. The fourth-order valence-electron chi connectivity index (χ4n) is 0.427. The molecule has 0 aromatic rings. The van der Waals surface area contributed by atoms with Crippen LogP contribution in [0.4, 0.5) is 0 Å². The highest BCUT2D eigenvalue weighted by Gasteiger charge is 2.05. The van der Waals surface area contributed by atoms with Crippen molar-refractivity contribution < 1.29 is 29.0 Å². The van der Waals surface area contributed by atoms with Crippen LogP contribution in [0.2, 0.25) is 0 Å². The van der Waals surface area contributed by atoms with Gasteiger partial charge in [-0.2, -0.15) is 0 Å². The van der Waals surface area contributed by atoms with Crippen LogP contribution in [0.1, 0.15) is 26.2 Å². The van der Waals surface area contributed by atoms with Gasteiger partial charge in [-0.25, -0.2) is 4.31 Å². The lowest BCUT2D eigenvalue weighted by atomic mass is 10.3. The molecule has 0 aromatic heterocycles. The lowest BCUT2D eigenvalue weighted by Gasteiger charge is -2.00. The van der Waals surface area contributed by atoms with Crippen molar-refractivity contribution in [3.8, 4) is 0 Å². The van der Waals surface area contributed by atoms with Crippen LogP contribution in [-0.4, -0.2) is 31.3 Å². The maximum Gasteiger partial charge on any atom is 0.334 e. The number of aliphatic hydroxyl groups is 1. The van der Waals surface area contributed by atoms with Crippen LogP contribution in [-0.2, 0) is 4.31 Å². The Hall–Kier alpha value is 0.620. The van der Waals surface area contributed by atoms with Crippen LogP contribution in [0.25, 0.3) is 0 Å². The second kappa shape index (κ2) is 12.6. The number of unbranched alkanes of at least 4 members (excludes halogenated alkanes) is 2. The molecule has 0 fully saturated rings. The summed E-state index contributed by atoms with van der Waals surface area (Å²) in [6.45, 7) is 2.48. The quantitative estimate of drug-likeness (QED) is 0.352. The first-order valence-corrected chi connectivity index (χ1v) is 6.02. The Morgan fingerprint density at radius 2 is 1.46 bits per heavy atom. The van der Waals surface area contributed by atoms with Gasteiger partial charge in [0.2, 0.25) is 0 Å². The number of hydrogen-bond acceptors (Lipinski definition) is 6. The van der Waals surface area contributed by atoms with E-state index < -0.39 is 17.2 Å². The van der Waals surface area contributed by atoms with Crippen LogP contribution in [0, 0.1) is 0 Å². The molecule has 0 atom stereocenters. The monoisotopic (exact) mass is 234 g/mol. The molecule has 0 radical (unpaired) electrons. The molecule has 0 aromatic carbocycles. The predicted octanol–water partition coefficient (Wildman–Crippen LogP) is 0.595. The zero-order valence-corrected chi connectivity index (χ0v) is 9.16. The van der Waals surface area contributed by atoms with Gasteiger partial charge < -0.3 is 24.7 Å². The first-order chi connectivity index (χ1) is 6.04. The van der Waals surface area contributed by atoms with E-state index in [1.165, 1.54) is 6.42 Å². The van der Waals surface area contributed by atoms with Crippen molar-refractivity contribution in [3.63, 3.8) is 0 Å². The standard InChI is InChI=1S/C5H12O.H4O5P2/c1-2-3-4-5-6;1-6(2)5-7(3)4/h6H,2-5H2,1H3;1-4H. The Balaban J connectivity index is 0. The summed E-state index contributed by atoms with van der Waals surface area (Å²) >= 11 is 0. The third-order valence-electron chi connectivity index (χ3n) is 0.908. The fraction of sp³-hybridized carbons (Fsp3) is 1.00. The zero-order valence-electron chi connectivity index (χ0n) is 7.37. The van der Waals surface area contributed by atoms with E-state index in [1.54, 1.807) is 0 Å². The molecule has 0 unspecified atom stereocenters. The van der Waals surface area contributed by atoms with Crippen molar-refractivity contribution in [2.75, 3.05) is 6.61 Å². The molecule has 0 bridgehead atoms. The first kappa shape index (κ1) is 16.1. The summed E-state index contributed by atoms with van der Waals surface area (Å²) in [6.07, 6.45) is 3.33. The highest BCUT2D eigenvalue weighted by molar-refractivity contribution is 7.53. The van der Waals surface area contributed by atoms with Crippen LogP contribution in [0.15, 0.2) is 0 Å². The van der Waals surface area contributed by atoms with Crippen molar-refractivity contribution in [3.05, 3.63) is 0 Å². The van der Waals surface area contributed by atoms with Gasteiger partial charge in [-0.05, 0) is 6.42 Å². The summed E-state index contributed by atoms with van der Waals surface area (Å²) < 4.78 is 3.60. The van der Waals surface area contributed by atoms with E-state index >= 15 is 0 Å². The molecule has 0 spiro atoms. The molecule has 6 nitrogen and oxygen atoms in total. The van der Waals surface area contributed by atoms with Gasteiger partial charge in [-0.3, -0.25) is 0 Å². The Morgan fingerprint density at radius 1 is 1.00 bits per heavy atom. The fourth-order valence-corrected chi connectivity index (χ4v) is 0.950. The van der Waals surface area contributed by atoms with E-state index in [0.717, 1.165) is 12.8 Å². The summed E-state index contributed by atoms with van der Waals surface area (Å²) in [5, 5.41) is 8.20. The van der Waals surface area contributed by atoms with Crippen LogP contribution in [0.3, 0.4) is 0 Å². The molecule has 82 valence electrons. The number of rotatable bonds is 5. The van der Waals surface area contributed by atoms with E-state index in [4.69, 9.17) is 24.7 Å². The van der Waals surface area contributed by atoms with Gasteiger partial charge in [0.25, 0.3) is 0 Å². The SMILES string of the molecule is CCCCCO.OP(O)OP(O)O. The van der Waals surface area contributed by atoms with E-state index in [9.17, 15) is 0 Å². The van der Waals surface area contributed by atoms with Gasteiger partial charge in [-0.1, -0.05) is 19.8 Å². The molecule has 0 saturated heterocycles. The number of hydrogen-bond donors (Lipinski definition) is 5. The molecule has 8 heteroatoms. The van der Waals surface area contributed by atoms with Crippen molar-refractivity contribution in [2.45, 2.75) is 26.2 Å². The largest absolute Gasteiger partial charge is 0.396 e. The number of aliphatic hydroxyl groups excluding tert-OH is 1. The molecular weight excluding hydrogens is 218 g/mol. The Labute approximate surface area is 79.8 Å². The second-order valence-electron chi connectivity index (χ2n) is 2.02. The second-order valence-corrected chi connectivity index (χ2v) is 3.68. The molecule has 0 rings (SSSR count). The highest BCUT2D eigenvalue weighted by Crippen LogP contribution is 2.41. The summed E-state index contributed by atoms with van der Waals surface area (Å²) in [5.41, 5.74) is 0. The van der Waals surface area contributed by atoms with Gasteiger partial charge in [-0.15, -0.1) is 0 Å². The molecule has 5 N–H and O–H groups in total. The summed E-state index contributed by atoms with van der Waals surface area (Å²) in [5.74, 6) is 0.